The average molecular weight is 527 g/mol. The molecule has 0 radical (unpaired) electrons. The highest BCUT2D eigenvalue weighted by Gasteiger charge is 2.56. The van der Waals surface area contributed by atoms with Crippen molar-refractivity contribution in [3.05, 3.63) is 52.0 Å². The first-order valence-corrected chi connectivity index (χ1v) is 10.3. The lowest BCUT2D eigenvalue weighted by Gasteiger charge is -2.14. The third kappa shape index (κ3) is 5.51. The molecule has 2 aromatic rings. The van der Waals surface area contributed by atoms with E-state index in [1.54, 1.807) is 5.32 Å². The Bertz CT molecular complexity index is 1160. The molecule has 1 atom stereocenters. The molecule has 176 valence electrons. The highest BCUT2D eigenvalue weighted by Crippen LogP contribution is 2.53. The largest absolute Gasteiger partial charge is 0.326 e. The van der Waals surface area contributed by atoms with E-state index in [9.17, 15) is 31.9 Å². The first kappa shape index (κ1) is 25.1. The third-order valence-corrected chi connectivity index (χ3v) is 6.03. The SMILES string of the molecule is Cc1cc(NC(=O)[C@H]2CC2(Cl)Cl)cc(C(=O)Nc2c(F)ccc(NC(=O)C(F)F)c2F)c1Cl. The lowest BCUT2D eigenvalue weighted by atomic mass is 10.1. The number of carbonyl (C=O) groups excluding carboxylic acids is 3. The van der Waals surface area contributed by atoms with Crippen LogP contribution in [0.25, 0.3) is 0 Å². The fourth-order valence-electron chi connectivity index (χ4n) is 2.87. The molecular formula is C20H14Cl3F4N3O3. The van der Waals surface area contributed by atoms with E-state index in [0.29, 0.717) is 11.6 Å². The molecule has 1 aliphatic rings. The maximum atomic E-state index is 14.6. The van der Waals surface area contributed by atoms with Gasteiger partial charge in [-0.05, 0) is 43.2 Å². The van der Waals surface area contributed by atoms with Crippen molar-refractivity contribution in [1.29, 1.82) is 0 Å². The molecule has 6 nitrogen and oxygen atoms in total. The molecule has 2 aromatic carbocycles. The van der Waals surface area contributed by atoms with Gasteiger partial charge in [0.05, 0.1) is 22.2 Å². The minimum absolute atomic E-state index is 0.0658. The Labute approximate surface area is 199 Å². The summed E-state index contributed by atoms with van der Waals surface area (Å²) < 4.78 is 52.5. The fraction of sp³-hybridized carbons (Fsp3) is 0.250. The van der Waals surface area contributed by atoms with E-state index in [1.807, 2.05) is 5.32 Å². The zero-order valence-corrected chi connectivity index (χ0v) is 18.8. The molecule has 0 heterocycles. The Hall–Kier alpha value is -2.56. The standard InChI is InChI=1S/C20H14Cl3F4N3O3/c1-7-4-8(28-18(32)10-6-20(10,22)23)5-9(13(7)21)17(31)30-15-11(24)2-3-12(14(15)25)29-19(33)16(26)27/h2-5,10,16H,6H2,1H3,(H,28,32)(H,29,33)(H,30,31)/t10-/m1/s1. The number of aryl methyl sites for hydroxylation is 1. The molecule has 0 aromatic heterocycles. The van der Waals surface area contributed by atoms with Crippen LogP contribution in [0.4, 0.5) is 34.6 Å². The summed E-state index contributed by atoms with van der Waals surface area (Å²) >= 11 is 17.9. The van der Waals surface area contributed by atoms with Crippen LogP contribution in [0, 0.1) is 24.5 Å². The number of hydrogen-bond acceptors (Lipinski definition) is 3. The van der Waals surface area contributed by atoms with Crippen molar-refractivity contribution in [2.75, 3.05) is 16.0 Å². The highest BCUT2D eigenvalue weighted by atomic mass is 35.5. The monoisotopic (exact) mass is 525 g/mol. The molecule has 0 unspecified atom stereocenters. The third-order valence-electron chi connectivity index (χ3n) is 4.69. The van der Waals surface area contributed by atoms with Gasteiger partial charge < -0.3 is 16.0 Å². The number of nitrogens with one attached hydrogen (secondary N) is 3. The van der Waals surface area contributed by atoms with Crippen LogP contribution in [0.2, 0.25) is 5.02 Å². The summed E-state index contributed by atoms with van der Waals surface area (Å²) in [6.07, 6.45) is -3.19. The molecule has 0 spiro atoms. The first-order chi connectivity index (χ1) is 15.3. The lowest BCUT2D eigenvalue weighted by molar-refractivity contribution is -0.126. The van der Waals surface area contributed by atoms with E-state index in [0.717, 1.165) is 6.07 Å². The molecule has 3 N–H and O–H groups in total. The molecule has 3 rings (SSSR count). The molecule has 3 amide bonds. The summed E-state index contributed by atoms with van der Waals surface area (Å²) in [5.74, 6) is -6.74. The summed E-state index contributed by atoms with van der Waals surface area (Å²) in [4.78, 5) is 36.1. The number of alkyl halides is 4. The predicted octanol–water partition coefficient (Wildman–Crippen LogP) is 5.51. The summed E-state index contributed by atoms with van der Waals surface area (Å²) in [7, 11) is 0. The number of carbonyl (C=O) groups is 3. The van der Waals surface area contributed by atoms with E-state index in [-0.39, 0.29) is 22.7 Å². The first-order valence-electron chi connectivity index (χ1n) is 9.19. The molecule has 1 fully saturated rings. The van der Waals surface area contributed by atoms with Gasteiger partial charge >= 0.3 is 6.43 Å². The van der Waals surface area contributed by atoms with E-state index >= 15 is 0 Å². The zero-order chi connectivity index (χ0) is 24.7. The Morgan fingerprint density at radius 2 is 1.73 bits per heavy atom. The topological polar surface area (TPSA) is 87.3 Å². The Morgan fingerprint density at radius 3 is 2.30 bits per heavy atom. The lowest BCUT2D eigenvalue weighted by Crippen LogP contribution is -2.22. The van der Waals surface area contributed by atoms with Crippen LogP contribution in [-0.2, 0) is 9.59 Å². The van der Waals surface area contributed by atoms with Gasteiger partial charge in [0.15, 0.2) is 5.82 Å². The van der Waals surface area contributed by atoms with E-state index in [1.165, 1.54) is 19.1 Å². The van der Waals surface area contributed by atoms with E-state index in [2.05, 4.69) is 5.32 Å². The van der Waals surface area contributed by atoms with Gasteiger partial charge in [-0.25, -0.2) is 8.78 Å². The molecule has 1 saturated carbocycles. The molecule has 1 aliphatic carbocycles. The Kier molecular flexibility index (Phi) is 7.11. The summed E-state index contributed by atoms with van der Waals surface area (Å²) in [5, 5.41) is 6.03. The van der Waals surface area contributed by atoms with Crippen LogP contribution >= 0.6 is 34.8 Å². The highest BCUT2D eigenvalue weighted by molar-refractivity contribution is 6.52. The second-order valence-corrected chi connectivity index (χ2v) is 9.11. The Balaban J connectivity index is 1.86. The number of benzene rings is 2. The average Bonchev–Trinajstić information content (AvgIpc) is 3.37. The minimum atomic E-state index is -3.44. The van der Waals surface area contributed by atoms with Gasteiger partial charge in [0.2, 0.25) is 5.91 Å². The van der Waals surface area contributed by atoms with Gasteiger partial charge in [-0.15, -0.1) is 23.2 Å². The van der Waals surface area contributed by atoms with Crippen molar-refractivity contribution >= 4 is 69.6 Å². The molecule has 0 aliphatic heterocycles. The maximum Gasteiger partial charge on any atom is 0.315 e. The Morgan fingerprint density at radius 1 is 1.09 bits per heavy atom. The number of rotatable bonds is 6. The van der Waals surface area contributed by atoms with Crippen molar-refractivity contribution in [2.24, 2.45) is 5.92 Å². The van der Waals surface area contributed by atoms with Crippen LogP contribution in [0.3, 0.4) is 0 Å². The normalized spacial score (nSPS) is 16.3. The van der Waals surface area contributed by atoms with E-state index in [4.69, 9.17) is 34.8 Å². The molecule has 13 heteroatoms. The summed E-state index contributed by atoms with van der Waals surface area (Å²) in [6.45, 7) is 1.53. The maximum absolute atomic E-state index is 14.6. The van der Waals surface area contributed by atoms with E-state index < -0.39 is 57.4 Å². The van der Waals surface area contributed by atoms with Crippen molar-refractivity contribution in [1.82, 2.24) is 0 Å². The second kappa shape index (κ2) is 9.36. The number of amides is 3. The number of hydrogen-bond donors (Lipinski definition) is 3. The minimum Gasteiger partial charge on any atom is -0.326 e. The fourth-order valence-corrected chi connectivity index (χ4v) is 3.57. The van der Waals surface area contributed by atoms with Crippen molar-refractivity contribution in [3.8, 4) is 0 Å². The number of anilines is 3. The van der Waals surface area contributed by atoms with Crippen LogP contribution in [-0.4, -0.2) is 28.5 Å². The van der Waals surface area contributed by atoms with Gasteiger partial charge in [0.1, 0.15) is 15.8 Å². The molecular weight excluding hydrogens is 513 g/mol. The summed E-state index contributed by atoms with van der Waals surface area (Å²) in [5.41, 5.74) is -1.50. The van der Waals surface area contributed by atoms with Crippen molar-refractivity contribution < 1.29 is 31.9 Å². The van der Waals surface area contributed by atoms with Crippen molar-refractivity contribution in [2.45, 2.75) is 24.1 Å². The van der Waals surface area contributed by atoms with Gasteiger partial charge in [0.25, 0.3) is 11.8 Å². The molecule has 33 heavy (non-hydrogen) atoms. The van der Waals surface area contributed by atoms with Crippen LogP contribution in [0.1, 0.15) is 22.3 Å². The molecule has 0 saturated heterocycles. The molecule has 0 bridgehead atoms. The predicted molar refractivity (Wildman–Crippen MR) is 116 cm³/mol. The van der Waals surface area contributed by atoms with Gasteiger partial charge in [-0.3, -0.25) is 14.4 Å². The van der Waals surface area contributed by atoms with Gasteiger partial charge in [-0.1, -0.05) is 11.6 Å². The van der Waals surface area contributed by atoms with Gasteiger partial charge in [0, 0.05) is 5.69 Å². The van der Waals surface area contributed by atoms with Crippen LogP contribution < -0.4 is 16.0 Å². The smallest absolute Gasteiger partial charge is 0.315 e. The summed E-state index contributed by atoms with van der Waals surface area (Å²) in [6, 6.07) is 4.03. The van der Waals surface area contributed by atoms with Crippen LogP contribution in [0.15, 0.2) is 24.3 Å². The van der Waals surface area contributed by atoms with Crippen molar-refractivity contribution in [3.63, 3.8) is 0 Å². The quantitative estimate of drug-likeness (QED) is 0.342. The number of halogens is 7. The van der Waals surface area contributed by atoms with Gasteiger partial charge in [-0.2, -0.15) is 8.78 Å². The zero-order valence-electron chi connectivity index (χ0n) is 16.5. The van der Waals surface area contributed by atoms with Crippen LogP contribution in [0.5, 0.6) is 0 Å². The second-order valence-electron chi connectivity index (χ2n) is 7.19.